The first-order chi connectivity index (χ1) is 16.5. The molecule has 2 aromatic rings. The fraction of sp³-hybridized carbons (Fsp3) is 0.409. The van der Waals surface area contributed by atoms with Gasteiger partial charge < -0.3 is 24.6 Å². The van der Waals surface area contributed by atoms with E-state index in [1.807, 2.05) is 0 Å². The third-order valence-corrected chi connectivity index (χ3v) is 6.58. The lowest BCUT2D eigenvalue weighted by atomic mass is 10.0. The summed E-state index contributed by atoms with van der Waals surface area (Å²) in [5.41, 5.74) is -3.70. The van der Waals surface area contributed by atoms with Crippen molar-refractivity contribution in [2.45, 2.75) is 56.4 Å². The van der Waals surface area contributed by atoms with Gasteiger partial charge in [-0.15, -0.1) is 0 Å². The molecule has 2 amide bonds. The number of carbonyl (C=O) groups is 2. The Morgan fingerprint density at radius 1 is 1.20 bits per heavy atom. The highest BCUT2D eigenvalue weighted by molar-refractivity contribution is 5.99. The van der Waals surface area contributed by atoms with Crippen molar-refractivity contribution in [1.82, 2.24) is 14.8 Å². The molecular formula is C22H18F5N3O5. The van der Waals surface area contributed by atoms with Crippen LogP contribution in [0.3, 0.4) is 0 Å². The quantitative estimate of drug-likeness (QED) is 0.633. The number of aromatic nitrogens is 1. The van der Waals surface area contributed by atoms with Crippen LogP contribution in [-0.2, 0) is 11.3 Å². The van der Waals surface area contributed by atoms with Gasteiger partial charge in [0.25, 0.3) is 11.8 Å². The lowest BCUT2D eigenvalue weighted by Gasteiger charge is -2.44. The average Bonchev–Trinajstić information content (AvgIpc) is 3.14. The van der Waals surface area contributed by atoms with Gasteiger partial charge in [0.15, 0.2) is 23.7 Å². The second-order valence-electron chi connectivity index (χ2n) is 8.73. The smallest absolute Gasteiger partial charge is 0.412 e. The molecule has 35 heavy (non-hydrogen) atoms. The molecule has 1 saturated carbocycles. The third-order valence-electron chi connectivity index (χ3n) is 6.58. The molecule has 186 valence electrons. The number of nitrogens with one attached hydrogen (secondary N) is 1. The zero-order chi connectivity index (χ0) is 25.2. The number of fused-ring (bicyclic) bond motifs is 5. The number of halogens is 5. The van der Waals surface area contributed by atoms with Crippen molar-refractivity contribution in [2.75, 3.05) is 0 Å². The Bertz CT molecular complexity index is 1290. The first-order valence-electron chi connectivity index (χ1n) is 10.7. The molecule has 1 aromatic carbocycles. The van der Waals surface area contributed by atoms with Crippen LogP contribution in [0, 0.1) is 11.6 Å². The van der Waals surface area contributed by atoms with E-state index in [9.17, 15) is 41.4 Å². The molecule has 4 atom stereocenters. The van der Waals surface area contributed by atoms with Gasteiger partial charge in [0.05, 0.1) is 12.6 Å². The highest BCUT2D eigenvalue weighted by atomic mass is 19.4. The zero-order valence-corrected chi connectivity index (χ0v) is 17.8. The summed E-state index contributed by atoms with van der Waals surface area (Å²) in [6.07, 6.45) is -3.08. The topological polar surface area (TPSA) is 101 Å². The largest absolute Gasteiger partial charge is 0.503 e. The molecule has 2 N–H and O–H groups in total. The number of nitrogens with zero attached hydrogens (tertiary/aromatic N) is 2. The Hall–Kier alpha value is -3.48. The molecule has 1 aliphatic carbocycles. The second kappa shape index (κ2) is 8.04. The van der Waals surface area contributed by atoms with E-state index in [1.54, 1.807) is 0 Å². The van der Waals surface area contributed by atoms with Crippen LogP contribution in [0.25, 0.3) is 0 Å². The van der Waals surface area contributed by atoms with Gasteiger partial charge in [-0.25, -0.2) is 8.78 Å². The second-order valence-corrected chi connectivity index (χ2v) is 8.73. The number of alkyl halides is 3. The summed E-state index contributed by atoms with van der Waals surface area (Å²) in [5.74, 6) is -6.00. The Kier molecular flexibility index (Phi) is 5.34. The maximum absolute atomic E-state index is 14.1. The summed E-state index contributed by atoms with van der Waals surface area (Å²) in [6.45, 7) is -0.0581. The van der Waals surface area contributed by atoms with Crippen molar-refractivity contribution in [3.05, 3.63) is 63.1 Å². The molecular weight excluding hydrogens is 481 g/mol. The Labute approximate surface area is 193 Å². The van der Waals surface area contributed by atoms with Crippen molar-refractivity contribution in [3.63, 3.8) is 0 Å². The summed E-state index contributed by atoms with van der Waals surface area (Å²) in [7, 11) is 0. The van der Waals surface area contributed by atoms with E-state index in [2.05, 4.69) is 0 Å². The zero-order valence-electron chi connectivity index (χ0n) is 17.8. The number of amides is 2. The first kappa shape index (κ1) is 23.3. The van der Waals surface area contributed by atoms with E-state index in [1.165, 1.54) is 10.2 Å². The predicted molar refractivity (Wildman–Crippen MR) is 107 cm³/mol. The lowest BCUT2D eigenvalue weighted by Crippen LogP contribution is -2.57. The molecule has 1 aromatic heterocycles. The number of carbonyl (C=O) groups excluding carboxylic acids is 2. The summed E-state index contributed by atoms with van der Waals surface area (Å²) in [4.78, 5) is 39.9. The van der Waals surface area contributed by atoms with Crippen molar-refractivity contribution >= 4 is 11.8 Å². The minimum atomic E-state index is -5.20. The van der Waals surface area contributed by atoms with Crippen molar-refractivity contribution < 1.29 is 41.4 Å². The van der Waals surface area contributed by atoms with Crippen LogP contribution in [0.15, 0.2) is 29.2 Å². The van der Waals surface area contributed by atoms with Gasteiger partial charge in [0.2, 0.25) is 5.43 Å². The molecule has 2 fully saturated rings. The van der Waals surface area contributed by atoms with Gasteiger partial charge in [0.1, 0.15) is 17.2 Å². The number of hydrogen-bond donors (Lipinski definition) is 2. The molecule has 5 rings (SSSR count). The standard InChI is InChI=1S/C22H18F5N3O5/c23-9-1-4-12(14(24)5-9)19(22(25,26)27)28-20(33)13-7-29-8-15-30(10-2-3-11(6-10)35-15)21(34)16(29)18(32)17(13)31/h1,4-5,7,10-11,15,19,32H,2-3,6,8H2,(H,28,33)/t10-,11+,15?,19?/m0/s1. The van der Waals surface area contributed by atoms with E-state index >= 15 is 0 Å². The van der Waals surface area contributed by atoms with Crippen LogP contribution in [-0.4, -0.2) is 50.9 Å². The van der Waals surface area contributed by atoms with E-state index < -0.39 is 69.9 Å². The summed E-state index contributed by atoms with van der Waals surface area (Å²) in [6, 6.07) is -1.68. The molecule has 2 bridgehead atoms. The van der Waals surface area contributed by atoms with Gasteiger partial charge in [-0.1, -0.05) is 6.07 Å². The number of rotatable bonds is 3. The van der Waals surface area contributed by atoms with Crippen LogP contribution in [0.4, 0.5) is 22.0 Å². The number of ether oxygens (including phenoxy) is 1. The van der Waals surface area contributed by atoms with Gasteiger partial charge in [-0.05, 0) is 25.3 Å². The minimum absolute atomic E-state index is 0.0581. The van der Waals surface area contributed by atoms with Crippen LogP contribution in [0.5, 0.6) is 5.75 Å². The van der Waals surface area contributed by atoms with Crippen molar-refractivity contribution in [3.8, 4) is 5.75 Å². The fourth-order valence-electron chi connectivity index (χ4n) is 5.00. The normalized spacial score (nSPS) is 24.1. The highest BCUT2D eigenvalue weighted by Crippen LogP contribution is 2.39. The number of benzene rings is 1. The minimum Gasteiger partial charge on any atom is -0.503 e. The highest BCUT2D eigenvalue weighted by Gasteiger charge is 2.48. The Balaban J connectivity index is 1.50. The molecule has 2 aliphatic heterocycles. The maximum atomic E-state index is 14.1. The van der Waals surface area contributed by atoms with Crippen molar-refractivity contribution in [2.24, 2.45) is 0 Å². The van der Waals surface area contributed by atoms with Gasteiger partial charge >= 0.3 is 6.18 Å². The molecule has 2 unspecified atom stereocenters. The summed E-state index contributed by atoms with van der Waals surface area (Å²) >= 11 is 0. The molecule has 13 heteroatoms. The molecule has 0 spiro atoms. The van der Waals surface area contributed by atoms with Crippen LogP contribution in [0.2, 0.25) is 0 Å². The molecule has 1 saturated heterocycles. The van der Waals surface area contributed by atoms with E-state index in [0.29, 0.717) is 25.0 Å². The van der Waals surface area contributed by atoms with E-state index in [4.69, 9.17) is 4.74 Å². The van der Waals surface area contributed by atoms with Gasteiger partial charge in [-0.2, -0.15) is 13.2 Å². The Morgan fingerprint density at radius 3 is 2.63 bits per heavy atom. The maximum Gasteiger partial charge on any atom is 0.412 e. The average molecular weight is 499 g/mol. The monoisotopic (exact) mass is 499 g/mol. The number of pyridine rings is 1. The van der Waals surface area contributed by atoms with Crippen molar-refractivity contribution in [1.29, 1.82) is 0 Å². The predicted octanol–water partition coefficient (Wildman–Crippen LogP) is 2.60. The lowest BCUT2D eigenvalue weighted by molar-refractivity contribution is -0.155. The van der Waals surface area contributed by atoms with Crippen LogP contribution >= 0.6 is 0 Å². The summed E-state index contributed by atoms with van der Waals surface area (Å²) in [5, 5.41) is 12.0. The molecule has 8 nitrogen and oxygen atoms in total. The molecule has 0 radical (unpaired) electrons. The summed E-state index contributed by atoms with van der Waals surface area (Å²) < 4.78 is 75.2. The van der Waals surface area contributed by atoms with Gasteiger partial charge in [0, 0.05) is 23.9 Å². The van der Waals surface area contributed by atoms with E-state index in [-0.39, 0.29) is 24.8 Å². The van der Waals surface area contributed by atoms with Crippen LogP contribution in [0.1, 0.15) is 51.7 Å². The van der Waals surface area contributed by atoms with Gasteiger partial charge in [-0.3, -0.25) is 14.4 Å². The third kappa shape index (κ3) is 3.83. The fourth-order valence-corrected chi connectivity index (χ4v) is 5.00. The number of hydrogen-bond acceptors (Lipinski definition) is 5. The molecule has 3 heterocycles. The Morgan fingerprint density at radius 2 is 1.94 bits per heavy atom. The molecule has 3 aliphatic rings. The van der Waals surface area contributed by atoms with Crippen LogP contribution < -0.4 is 10.7 Å². The first-order valence-corrected chi connectivity index (χ1v) is 10.7. The number of aromatic hydroxyl groups is 1. The van der Waals surface area contributed by atoms with E-state index in [0.717, 1.165) is 17.2 Å². The SMILES string of the molecule is O=C(NC(c1ccc(F)cc1F)C(F)(F)F)c1cn2c(c(O)c1=O)C(=O)N1C(C2)O[C@@H]2CC[C@H]1C2.